The molecule has 0 saturated heterocycles. The van der Waals surface area contributed by atoms with Crippen molar-refractivity contribution in [1.82, 2.24) is 14.7 Å². The Labute approximate surface area is 211 Å². The molecule has 1 aliphatic heterocycles. The second kappa shape index (κ2) is 9.79. The normalized spacial score (nSPS) is 14.9. The molecule has 3 aromatic rings. The van der Waals surface area contributed by atoms with Crippen LogP contribution in [0.25, 0.3) is 16.3 Å². The van der Waals surface area contributed by atoms with Crippen LogP contribution in [0, 0.1) is 0 Å². The number of benzene rings is 2. The Morgan fingerprint density at radius 1 is 1.19 bits per heavy atom. The van der Waals surface area contributed by atoms with Gasteiger partial charge in [0.05, 0.1) is 24.1 Å². The lowest BCUT2D eigenvalue weighted by Crippen LogP contribution is -2.32. The third kappa shape index (κ3) is 5.25. The summed E-state index contributed by atoms with van der Waals surface area (Å²) in [4.78, 5) is 26.4. The zero-order valence-corrected chi connectivity index (χ0v) is 20.9. The molecule has 37 heavy (non-hydrogen) atoms. The van der Waals surface area contributed by atoms with Gasteiger partial charge in [0.1, 0.15) is 5.75 Å². The van der Waals surface area contributed by atoms with Gasteiger partial charge in [-0.2, -0.15) is 18.3 Å². The van der Waals surface area contributed by atoms with Crippen molar-refractivity contribution in [3.05, 3.63) is 63.5 Å². The first-order chi connectivity index (χ1) is 17.4. The second-order valence-electron chi connectivity index (χ2n) is 9.07. The maximum Gasteiger partial charge on any atom is 0.416 e. The number of rotatable bonds is 5. The summed E-state index contributed by atoms with van der Waals surface area (Å²) in [6.45, 7) is 4.22. The fraction of sp³-hybridized carbons (Fsp3) is 0.346. The maximum atomic E-state index is 13.3. The molecular weight excluding hydrogens is 487 g/mol. The predicted molar refractivity (Wildman–Crippen MR) is 136 cm³/mol. The summed E-state index contributed by atoms with van der Waals surface area (Å²) in [5.41, 5.74) is 6.60. The van der Waals surface area contributed by atoms with E-state index < -0.39 is 17.8 Å². The molecule has 8 nitrogen and oxygen atoms in total. The topological polar surface area (TPSA) is 102 Å². The van der Waals surface area contributed by atoms with Crippen LogP contribution in [0.3, 0.4) is 0 Å². The molecule has 0 fully saturated rings. The highest BCUT2D eigenvalue weighted by molar-refractivity contribution is 5.95. The van der Waals surface area contributed by atoms with Crippen LogP contribution in [-0.4, -0.2) is 40.8 Å². The number of hydrogen-bond donors (Lipinski definition) is 2. The molecule has 3 N–H and O–H groups in total. The molecule has 0 spiro atoms. The van der Waals surface area contributed by atoms with Gasteiger partial charge in [-0.25, -0.2) is 4.68 Å². The second-order valence-corrected chi connectivity index (χ2v) is 9.07. The van der Waals surface area contributed by atoms with E-state index in [1.807, 2.05) is 6.08 Å². The zero-order valence-electron chi connectivity index (χ0n) is 20.9. The number of nitrogens with two attached hydrogens (primary N) is 1. The van der Waals surface area contributed by atoms with Gasteiger partial charge in [0.25, 0.3) is 5.56 Å². The standard InChI is InChI=1S/C26H28F3N5O3/c1-14(17-9-18(26(27,28)29)11-19(30)10-17)31-24-21-12-20(16-5-7-34(8-6-16)15(2)35)23(37-4)13-22(21)25(36)33(3)32-24/h5,9-14H,6-8,30H2,1-4H3,(H,31,32). The first kappa shape index (κ1) is 26.1. The van der Waals surface area contributed by atoms with Crippen LogP contribution in [0.2, 0.25) is 0 Å². The average molecular weight is 516 g/mol. The largest absolute Gasteiger partial charge is 0.496 e. The highest BCUT2D eigenvalue weighted by Crippen LogP contribution is 2.37. The highest BCUT2D eigenvalue weighted by atomic mass is 19.4. The summed E-state index contributed by atoms with van der Waals surface area (Å²) < 4.78 is 46.8. The van der Waals surface area contributed by atoms with E-state index in [9.17, 15) is 22.8 Å². The van der Waals surface area contributed by atoms with E-state index in [1.54, 1.807) is 24.0 Å². The van der Waals surface area contributed by atoms with Crippen molar-refractivity contribution in [2.45, 2.75) is 32.5 Å². The summed E-state index contributed by atoms with van der Waals surface area (Å²) in [7, 11) is 3.02. The number of aryl methyl sites for hydroxylation is 1. The number of ether oxygens (including phenoxy) is 1. The van der Waals surface area contributed by atoms with Gasteiger partial charge in [0.2, 0.25) is 5.91 Å². The number of amides is 1. The predicted octanol–water partition coefficient (Wildman–Crippen LogP) is 4.35. The molecule has 1 atom stereocenters. The number of fused-ring (bicyclic) bond motifs is 1. The fourth-order valence-electron chi connectivity index (χ4n) is 4.48. The number of carbonyl (C=O) groups is 1. The molecule has 11 heteroatoms. The summed E-state index contributed by atoms with van der Waals surface area (Å²) in [5, 5.41) is 8.37. The van der Waals surface area contributed by atoms with E-state index >= 15 is 0 Å². The number of carbonyl (C=O) groups excluding carboxylic acids is 1. The first-order valence-corrected chi connectivity index (χ1v) is 11.7. The fourth-order valence-corrected chi connectivity index (χ4v) is 4.48. The van der Waals surface area contributed by atoms with Gasteiger partial charge in [-0.1, -0.05) is 6.08 Å². The molecule has 196 valence electrons. The lowest BCUT2D eigenvalue weighted by Gasteiger charge is -2.26. The Balaban J connectivity index is 1.80. The molecule has 1 aliphatic rings. The number of halogens is 3. The Morgan fingerprint density at radius 3 is 2.51 bits per heavy atom. The van der Waals surface area contributed by atoms with Crippen molar-refractivity contribution in [2.24, 2.45) is 7.05 Å². The van der Waals surface area contributed by atoms with Crippen LogP contribution in [0.4, 0.5) is 24.7 Å². The third-order valence-corrected chi connectivity index (χ3v) is 6.53. The molecule has 0 bridgehead atoms. The minimum Gasteiger partial charge on any atom is -0.496 e. The monoisotopic (exact) mass is 515 g/mol. The smallest absolute Gasteiger partial charge is 0.416 e. The van der Waals surface area contributed by atoms with Crippen molar-refractivity contribution >= 4 is 33.8 Å². The number of aromatic nitrogens is 2. The molecule has 4 rings (SSSR count). The first-order valence-electron chi connectivity index (χ1n) is 11.7. The Bertz CT molecular complexity index is 1460. The minimum atomic E-state index is -4.54. The lowest BCUT2D eigenvalue weighted by molar-refractivity contribution is -0.137. The van der Waals surface area contributed by atoms with E-state index in [2.05, 4.69) is 10.4 Å². The Morgan fingerprint density at radius 2 is 1.92 bits per heavy atom. The summed E-state index contributed by atoms with van der Waals surface area (Å²) in [5.74, 6) is 0.818. The average Bonchev–Trinajstić information content (AvgIpc) is 2.85. The van der Waals surface area contributed by atoms with Crippen LogP contribution in [-0.2, 0) is 18.0 Å². The zero-order chi connectivity index (χ0) is 27.1. The van der Waals surface area contributed by atoms with Gasteiger partial charge < -0.3 is 20.7 Å². The van der Waals surface area contributed by atoms with Crippen molar-refractivity contribution < 1.29 is 22.7 Å². The van der Waals surface area contributed by atoms with Crippen LogP contribution < -0.4 is 21.3 Å². The third-order valence-electron chi connectivity index (χ3n) is 6.53. The van der Waals surface area contributed by atoms with Crippen molar-refractivity contribution in [3.63, 3.8) is 0 Å². The van der Waals surface area contributed by atoms with Gasteiger partial charge in [-0.15, -0.1) is 0 Å². The number of methoxy groups -OCH3 is 1. The summed E-state index contributed by atoms with van der Waals surface area (Å²) in [6, 6.07) is 6.23. The van der Waals surface area contributed by atoms with E-state index in [0.29, 0.717) is 47.4 Å². The summed E-state index contributed by atoms with van der Waals surface area (Å²) >= 11 is 0. The number of nitrogens with one attached hydrogen (secondary N) is 1. The van der Waals surface area contributed by atoms with Crippen LogP contribution in [0.15, 0.2) is 41.2 Å². The minimum absolute atomic E-state index is 0.00684. The van der Waals surface area contributed by atoms with Crippen molar-refractivity contribution in [3.8, 4) is 5.75 Å². The van der Waals surface area contributed by atoms with Crippen LogP contribution in [0.5, 0.6) is 5.75 Å². The van der Waals surface area contributed by atoms with Crippen LogP contribution in [0.1, 0.15) is 43.0 Å². The molecule has 0 saturated carbocycles. The van der Waals surface area contributed by atoms with E-state index in [1.165, 1.54) is 31.8 Å². The van der Waals surface area contributed by atoms with E-state index in [-0.39, 0.29) is 17.2 Å². The molecule has 2 aromatic carbocycles. The molecule has 1 aromatic heterocycles. The molecule has 1 unspecified atom stereocenters. The Hall–Kier alpha value is -4.02. The summed E-state index contributed by atoms with van der Waals surface area (Å²) in [6.07, 6.45) is -1.99. The van der Waals surface area contributed by atoms with Crippen LogP contribution >= 0.6 is 0 Å². The number of nitrogens with zero attached hydrogens (tertiary/aromatic N) is 3. The molecule has 2 heterocycles. The highest BCUT2D eigenvalue weighted by Gasteiger charge is 2.31. The van der Waals surface area contributed by atoms with E-state index in [0.717, 1.165) is 23.3 Å². The molecule has 0 radical (unpaired) electrons. The van der Waals surface area contributed by atoms with Gasteiger partial charge in [-0.05, 0) is 54.8 Å². The number of alkyl halides is 3. The number of nitrogen functional groups attached to an aromatic ring is 1. The number of hydrogen-bond acceptors (Lipinski definition) is 6. The number of anilines is 2. The lowest BCUT2D eigenvalue weighted by atomic mass is 9.96. The molecular formula is C26H28F3N5O3. The molecule has 1 amide bonds. The molecule has 0 aliphatic carbocycles. The quantitative estimate of drug-likeness (QED) is 0.490. The van der Waals surface area contributed by atoms with Crippen molar-refractivity contribution in [2.75, 3.05) is 31.2 Å². The van der Waals surface area contributed by atoms with Gasteiger partial charge in [-0.3, -0.25) is 9.59 Å². The van der Waals surface area contributed by atoms with E-state index in [4.69, 9.17) is 10.5 Å². The van der Waals surface area contributed by atoms with Gasteiger partial charge in [0.15, 0.2) is 5.82 Å². The van der Waals surface area contributed by atoms with Gasteiger partial charge in [0, 0.05) is 43.7 Å². The Kier molecular flexibility index (Phi) is 6.90. The maximum absolute atomic E-state index is 13.3. The SMILES string of the molecule is COc1cc2c(=O)n(C)nc(NC(C)c3cc(N)cc(C(F)(F)F)c3)c2cc1C1=CCN(C(C)=O)CC1. The van der Waals surface area contributed by atoms with Crippen molar-refractivity contribution in [1.29, 1.82) is 0 Å². The van der Waals surface area contributed by atoms with Gasteiger partial charge >= 0.3 is 6.18 Å².